The van der Waals surface area contributed by atoms with Crippen LogP contribution < -0.4 is 10.6 Å². The maximum atomic E-state index is 11.3. The van der Waals surface area contributed by atoms with E-state index in [2.05, 4.69) is 10.6 Å². The molecule has 0 radical (unpaired) electrons. The number of carboxylic acid groups (broad SMARTS) is 1. The SMILES string of the molecule is C[C@@H](O)C(=O)NC1CCC(CCNC(=O)O)CC1. The summed E-state index contributed by atoms with van der Waals surface area (Å²) in [5.74, 6) is 0.211. The standard InChI is InChI=1S/C12H22N2O4/c1-8(15)11(16)14-10-4-2-9(3-5-10)6-7-13-12(17)18/h8-10,13,15H,2-7H2,1H3,(H,14,16)(H,17,18)/t8-,9?,10?/m1/s1. The molecule has 0 spiro atoms. The smallest absolute Gasteiger partial charge is 0.404 e. The number of amides is 2. The number of nitrogens with one attached hydrogen (secondary N) is 2. The second-order valence-electron chi connectivity index (χ2n) is 4.92. The maximum absolute atomic E-state index is 11.3. The first-order chi connectivity index (χ1) is 8.49. The molecular weight excluding hydrogens is 236 g/mol. The van der Waals surface area contributed by atoms with Crippen LogP contribution in [0.25, 0.3) is 0 Å². The predicted octanol–water partition coefficient (Wildman–Crippen LogP) is 0.700. The number of hydrogen-bond acceptors (Lipinski definition) is 3. The number of aliphatic hydroxyl groups excluding tert-OH is 1. The predicted molar refractivity (Wildman–Crippen MR) is 66.2 cm³/mol. The van der Waals surface area contributed by atoms with E-state index in [4.69, 9.17) is 10.2 Å². The topological polar surface area (TPSA) is 98.7 Å². The number of carbonyl (C=O) groups is 2. The second kappa shape index (κ2) is 7.20. The summed E-state index contributed by atoms with van der Waals surface area (Å²) in [5.41, 5.74) is 0. The third kappa shape index (κ3) is 5.35. The molecule has 1 atom stereocenters. The first kappa shape index (κ1) is 14.8. The summed E-state index contributed by atoms with van der Waals surface area (Å²) in [4.78, 5) is 21.6. The van der Waals surface area contributed by atoms with Crippen LogP contribution >= 0.6 is 0 Å². The molecule has 0 aromatic heterocycles. The number of rotatable bonds is 5. The summed E-state index contributed by atoms with van der Waals surface area (Å²) in [6.45, 7) is 1.95. The zero-order valence-corrected chi connectivity index (χ0v) is 10.7. The Hall–Kier alpha value is -1.30. The first-order valence-corrected chi connectivity index (χ1v) is 6.44. The molecule has 1 fully saturated rings. The Morgan fingerprint density at radius 2 is 1.89 bits per heavy atom. The van der Waals surface area contributed by atoms with Crippen molar-refractivity contribution in [3.05, 3.63) is 0 Å². The summed E-state index contributed by atoms with van der Waals surface area (Å²) in [6, 6.07) is 0.149. The highest BCUT2D eigenvalue weighted by Gasteiger charge is 2.23. The molecule has 1 saturated carbocycles. The van der Waals surface area contributed by atoms with Gasteiger partial charge in [-0.3, -0.25) is 4.79 Å². The van der Waals surface area contributed by atoms with E-state index in [1.165, 1.54) is 6.92 Å². The molecule has 104 valence electrons. The van der Waals surface area contributed by atoms with Gasteiger partial charge in [0.05, 0.1) is 0 Å². The number of hydrogen-bond donors (Lipinski definition) is 4. The van der Waals surface area contributed by atoms with Crippen LogP contribution in [0.4, 0.5) is 4.79 Å². The summed E-state index contributed by atoms with van der Waals surface area (Å²) >= 11 is 0. The third-order valence-electron chi connectivity index (χ3n) is 3.40. The van der Waals surface area contributed by atoms with E-state index in [-0.39, 0.29) is 11.9 Å². The molecule has 18 heavy (non-hydrogen) atoms. The monoisotopic (exact) mass is 258 g/mol. The minimum atomic E-state index is -0.979. The lowest BCUT2D eigenvalue weighted by Gasteiger charge is -2.29. The molecule has 0 bridgehead atoms. The van der Waals surface area contributed by atoms with Crippen molar-refractivity contribution < 1.29 is 19.8 Å². The van der Waals surface area contributed by atoms with Gasteiger partial charge in [0.25, 0.3) is 0 Å². The third-order valence-corrected chi connectivity index (χ3v) is 3.40. The van der Waals surface area contributed by atoms with Gasteiger partial charge < -0.3 is 20.8 Å². The fraction of sp³-hybridized carbons (Fsp3) is 0.833. The average Bonchev–Trinajstić information content (AvgIpc) is 2.30. The highest BCUT2D eigenvalue weighted by atomic mass is 16.4. The van der Waals surface area contributed by atoms with Crippen molar-refractivity contribution in [3.63, 3.8) is 0 Å². The van der Waals surface area contributed by atoms with E-state index in [9.17, 15) is 9.59 Å². The van der Waals surface area contributed by atoms with Gasteiger partial charge in [-0.25, -0.2) is 4.79 Å². The van der Waals surface area contributed by atoms with Gasteiger partial charge in [0.2, 0.25) is 5.91 Å². The van der Waals surface area contributed by atoms with Crippen LogP contribution in [0, 0.1) is 5.92 Å². The number of carbonyl (C=O) groups excluding carboxylic acids is 1. The first-order valence-electron chi connectivity index (χ1n) is 6.44. The molecule has 6 nitrogen and oxygen atoms in total. The molecule has 4 N–H and O–H groups in total. The minimum absolute atomic E-state index is 0.149. The molecule has 0 heterocycles. The van der Waals surface area contributed by atoms with E-state index < -0.39 is 12.2 Å². The van der Waals surface area contributed by atoms with E-state index in [1.807, 2.05) is 0 Å². The lowest BCUT2D eigenvalue weighted by atomic mass is 9.84. The van der Waals surface area contributed by atoms with Gasteiger partial charge in [-0.15, -0.1) is 0 Å². The van der Waals surface area contributed by atoms with Crippen LogP contribution in [0.1, 0.15) is 39.0 Å². The van der Waals surface area contributed by atoms with E-state index in [1.54, 1.807) is 0 Å². The van der Waals surface area contributed by atoms with Gasteiger partial charge in [0.1, 0.15) is 6.10 Å². The fourth-order valence-electron chi connectivity index (χ4n) is 2.30. The molecule has 0 unspecified atom stereocenters. The average molecular weight is 258 g/mol. The van der Waals surface area contributed by atoms with Crippen molar-refractivity contribution in [1.29, 1.82) is 0 Å². The zero-order valence-electron chi connectivity index (χ0n) is 10.7. The van der Waals surface area contributed by atoms with E-state index >= 15 is 0 Å². The molecule has 1 rings (SSSR count). The molecule has 6 heteroatoms. The summed E-state index contributed by atoms with van der Waals surface area (Å²) in [7, 11) is 0. The highest BCUT2D eigenvalue weighted by Crippen LogP contribution is 2.26. The van der Waals surface area contributed by atoms with Crippen LogP contribution in [0.15, 0.2) is 0 Å². The summed E-state index contributed by atoms with van der Waals surface area (Å²) in [6.07, 6.45) is 2.70. The van der Waals surface area contributed by atoms with Gasteiger partial charge in [-0.05, 0) is 44.9 Å². The largest absolute Gasteiger partial charge is 0.465 e. The molecule has 0 aliphatic heterocycles. The van der Waals surface area contributed by atoms with E-state index in [0.717, 1.165) is 32.1 Å². The van der Waals surface area contributed by atoms with Crippen molar-refractivity contribution >= 4 is 12.0 Å². The van der Waals surface area contributed by atoms with Crippen LogP contribution in [0.3, 0.4) is 0 Å². The molecule has 1 aliphatic rings. The van der Waals surface area contributed by atoms with Gasteiger partial charge in [-0.2, -0.15) is 0 Å². The van der Waals surface area contributed by atoms with Crippen molar-refractivity contribution in [1.82, 2.24) is 10.6 Å². The van der Waals surface area contributed by atoms with Gasteiger partial charge >= 0.3 is 6.09 Å². The van der Waals surface area contributed by atoms with Crippen LogP contribution in [-0.2, 0) is 4.79 Å². The lowest BCUT2D eigenvalue weighted by Crippen LogP contribution is -2.42. The van der Waals surface area contributed by atoms with Gasteiger partial charge in [-0.1, -0.05) is 0 Å². The van der Waals surface area contributed by atoms with Crippen molar-refractivity contribution in [3.8, 4) is 0 Å². The molecule has 0 saturated heterocycles. The minimum Gasteiger partial charge on any atom is -0.465 e. The Balaban J connectivity index is 2.16. The lowest BCUT2D eigenvalue weighted by molar-refractivity contribution is -0.129. The Bertz CT molecular complexity index is 286. The Kier molecular flexibility index (Phi) is 5.91. The van der Waals surface area contributed by atoms with Gasteiger partial charge in [0.15, 0.2) is 0 Å². The molecule has 2 amide bonds. The Labute approximate surface area is 107 Å². The van der Waals surface area contributed by atoms with Gasteiger partial charge in [0, 0.05) is 12.6 Å². The summed E-state index contributed by atoms with van der Waals surface area (Å²) in [5, 5.41) is 22.7. The van der Waals surface area contributed by atoms with Crippen LogP contribution in [-0.4, -0.2) is 40.9 Å². The highest BCUT2D eigenvalue weighted by molar-refractivity contribution is 5.80. The molecule has 0 aromatic carbocycles. The fourth-order valence-corrected chi connectivity index (χ4v) is 2.30. The molecular formula is C12H22N2O4. The van der Waals surface area contributed by atoms with Crippen LogP contribution in [0.2, 0.25) is 0 Å². The second-order valence-corrected chi connectivity index (χ2v) is 4.92. The Morgan fingerprint density at radius 3 is 2.39 bits per heavy atom. The molecule has 0 aromatic rings. The van der Waals surface area contributed by atoms with Crippen LogP contribution in [0.5, 0.6) is 0 Å². The Morgan fingerprint density at radius 1 is 1.28 bits per heavy atom. The number of aliphatic hydroxyl groups is 1. The van der Waals surface area contributed by atoms with Crippen molar-refractivity contribution in [2.45, 2.75) is 51.2 Å². The van der Waals surface area contributed by atoms with E-state index in [0.29, 0.717) is 12.5 Å². The zero-order chi connectivity index (χ0) is 13.5. The van der Waals surface area contributed by atoms with Crippen molar-refractivity contribution in [2.75, 3.05) is 6.54 Å². The maximum Gasteiger partial charge on any atom is 0.404 e. The van der Waals surface area contributed by atoms with Crippen molar-refractivity contribution in [2.24, 2.45) is 5.92 Å². The molecule has 1 aliphatic carbocycles. The quantitative estimate of drug-likeness (QED) is 0.583. The summed E-state index contributed by atoms with van der Waals surface area (Å²) < 4.78 is 0. The normalized spacial score (nSPS) is 25.2.